The second-order valence-electron chi connectivity index (χ2n) is 7.75. The van der Waals surface area contributed by atoms with Crippen LogP contribution in [0.15, 0.2) is 29.4 Å². The van der Waals surface area contributed by atoms with Crippen LogP contribution in [-0.4, -0.2) is 17.0 Å². The number of nitro benzene ring substituents is 1. The monoisotopic (exact) mass is 327 g/mol. The molecule has 0 aromatic heterocycles. The summed E-state index contributed by atoms with van der Waals surface area (Å²) in [5.41, 5.74) is 3.29. The molecule has 4 aliphatic carbocycles. The van der Waals surface area contributed by atoms with Crippen LogP contribution in [0.2, 0.25) is 0 Å². The predicted molar refractivity (Wildman–Crippen MR) is 89.4 cm³/mol. The topological polar surface area (TPSA) is 84.6 Å². The van der Waals surface area contributed by atoms with E-state index in [0.29, 0.717) is 0 Å². The Bertz CT molecular complexity index is 661. The van der Waals surface area contributed by atoms with Gasteiger partial charge in [0.25, 0.3) is 5.69 Å². The smallest absolute Gasteiger partial charge is 0.269 e. The fraction of sp³-hybridized carbons (Fsp3) is 0.556. The highest BCUT2D eigenvalue weighted by Crippen LogP contribution is 2.60. The molecule has 1 N–H and O–H groups in total. The molecule has 24 heavy (non-hydrogen) atoms. The Morgan fingerprint density at radius 2 is 1.67 bits per heavy atom. The molecule has 5 rings (SSSR count). The lowest BCUT2D eigenvalue weighted by Crippen LogP contribution is -2.52. The van der Waals surface area contributed by atoms with Gasteiger partial charge in [0, 0.05) is 12.1 Å². The maximum absolute atomic E-state index is 12.7. The second-order valence-corrected chi connectivity index (χ2v) is 7.75. The van der Waals surface area contributed by atoms with Crippen molar-refractivity contribution < 1.29 is 9.72 Å². The maximum atomic E-state index is 12.7. The van der Waals surface area contributed by atoms with E-state index in [1.54, 1.807) is 18.3 Å². The van der Waals surface area contributed by atoms with Gasteiger partial charge >= 0.3 is 0 Å². The average Bonchev–Trinajstić information content (AvgIpc) is 2.54. The highest BCUT2D eigenvalue weighted by atomic mass is 16.6. The van der Waals surface area contributed by atoms with Crippen molar-refractivity contribution >= 4 is 17.8 Å². The first-order chi connectivity index (χ1) is 11.5. The van der Waals surface area contributed by atoms with Gasteiger partial charge in [-0.25, -0.2) is 5.43 Å². The van der Waals surface area contributed by atoms with E-state index in [1.165, 1.54) is 31.4 Å². The molecule has 0 saturated heterocycles. The first-order valence-electron chi connectivity index (χ1n) is 8.62. The third-order valence-electron chi connectivity index (χ3n) is 6.00. The highest BCUT2D eigenvalue weighted by molar-refractivity contribution is 5.85. The van der Waals surface area contributed by atoms with Crippen LogP contribution in [-0.2, 0) is 4.79 Å². The Morgan fingerprint density at radius 3 is 2.17 bits per heavy atom. The van der Waals surface area contributed by atoms with Crippen molar-refractivity contribution in [1.29, 1.82) is 0 Å². The number of nitrogens with one attached hydrogen (secondary N) is 1. The largest absolute Gasteiger partial charge is 0.273 e. The summed E-state index contributed by atoms with van der Waals surface area (Å²) in [4.78, 5) is 22.9. The molecule has 6 nitrogen and oxygen atoms in total. The zero-order valence-corrected chi connectivity index (χ0v) is 13.5. The Hall–Kier alpha value is -2.24. The van der Waals surface area contributed by atoms with Gasteiger partial charge in [0.2, 0.25) is 5.91 Å². The third-order valence-corrected chi connectivity index (χ3v) is 6.00. The molecule has 0 atom stereocenters. The van der Waals surface area contributed by atoms with Crippen LogP contribution in [0.5, 0.6) is 0 Å². The Labute approximate surface area is 140 Å². The van der Waals surface area contributed by atoms with E-state index in [4.69, 9.17) is 0 Å². The van der Waals surface area contributed by atoms with Crippen LogP contribution in [0, 0.1) is 33.3 Å². The van der Waals surface area contributed by atoms with E-state index in [0.717, 1.165) is 42.6 Å². The van der Waals surface area contributed by atoms with Crippen molar-refractivity contribution in [2.45, 2.75) is 38.5 Å². The number of hydrogen-bond acceptors (Lipinski definition) is 4. The lowest BCUT2D eigenvalue weighted by Gasteiger charge is -2.55. The van der Waals surface area contributed by atoms with Crippen molar-refractivity contribution in [3.8, 4) is 0 Å². The fourth-order valence-electron chi connectivity index (χ4n) is 5.35. The van der Waals surface area contributed by atoms with Crippen LogP contribution in [0.4, 0.5) is 5.69 Å². The van der Waals surface area contributed by atoms with E-state index < -0.39 is 4.92 Å². The summed E-state index contributed by atoms with van der Waals surface area (Å²) in [5.74, 6) is 2.22. The first kappa shape index (κ1) is 15.3. The standard InChI is InChI=1S/C18H21N3O3/c22-17(18-8-13-5-14(9-18)7-15(6-13)10-18)20-19-11-12-1-3-16(4-2-12)21(23)24/h1-4,11,13-15H,5-10H2,(H,20,22)/b19-11-. The van der Waals surface area contributed by atoms with Gasteiger partial charge in [-0.1, -0.05) is 0 Å². The Balaban J connectivity index is 1.40. The Kier molecular flexibility index (Phi) is 3.62. The van der Waals surface area contributed by atoms with Gasteiger partial charge in [-0.2, -0.15) is 5.10 Å². The van der Waals surface area contributed by atoms with E-state index in [2.05, 4.69) is 10.5 Å². The summed E-state index contributed by atoms with van der Waals surface area (Å²) in [7, 11) is 0. The van der Waals surface area contributed by atoms with E-state index in [1.807, 2.05) is 0 Å². The summed E-state index contributed by atoms with van der Waals surface area (Å²) in [6.07, 6.45) is 8.49. The summed E-state index contributed by atoms with van der Waals surface area (Å²) >= 11 is 0. The Morgan fingerprint density at radius 1 is 1.12 bits per heavy atom. The summed E-state index contributed by atoms with van der Waals surface area (Å²) in [6.45, 7) is 0. The maximum Gasteiger partial charge on any atom is 0.269 e. The van der Waals surface area contributed by atoms with Gasteiger partial charge in [-0.05, 0) is 74.0 Å². The number of carbonyl (C=O) groups excluding carboxylic acids is 1. The molecule has 1 aromatic rings. The number of amides is 1. The number of carbonyl (C=O) groups is 1. The molecule has 0 aliphatic heterocycles. The first-order valence-corrected chi connectivity index (χ1v) is 8.62. The molecule has 0 unspecified atom stereocenters. The van der Waals surface area contributed by atoms with Crippen LogP contribution >= 0.6 is 0 Å². The summed E-state index contributed by atoms with van der Waals surface area (Å²) in [5, 5.41) is 14.7. The van der Waals surface area contributed by atoms with Crippen molar-refractivity contribution in [2.24, 2.45) is 28.3 Å². The third kappa shape index (κ3) is 2.70. The van der Waals surface area contributed by atoms with E-state index >= 15 is 0 Å². The van der Waals surface area contributed by atoms with E-state index in [-0.39, 0.29) is 17.0 Å². The van der Waals surface area contributed by atoms with Gasteiger partial charge in [-0.15, -0.1) is 0 Å². The van der Waals surface area contributed by atoms with Crippen molar-refractivity contribution in [3.63, 3.8) is 0 Å². The van der Waals surface area contributed by atoms with Gasteiger partial charge in [0.05, 0.1) is 16.6 Å². The average molecular weight is 327 g/mol. The zero-order chi connectivity index (χ0) is 16.7. The molecular formula is C18H21N3O3. The molecular weight excluding hydrogens is 306 g/mol. The second kappa shape index (κ2) is 5.69. The van der Waals surface area contributed by atoms with E-state index in [9.17, 15) is 14.9 Å². The number of hydrogen-bond donors (Lipinski definition) is 1. The molecule has 6 heteroatoms. The number of hydrazone groups is 1. The molecule has 0 heterocycles. The minimum Gasteiger partial charge on any atom is -0.273 e. The normalized spacial score (nSPS) is 33.8. The molecule has 4 saturated carbocycles. The minimum atomic E-state index is -0.435. The highest BCUT2D eigenvalue weighted by Gasteiger charge is 2.54. The number of rotatable bonds is 4. The lowest BCUT2D eigenvalue weighted by molar-refractivity contribution is -0.384. The van der Waals surface area contributed by atoms with Gasteiger partial charge in [-0.3, -0.25) is 14.9 Å². The summed E-state index contributed by atoms with van der Waals surface area (Å²) in [6, 6.07) is 6.11. The van der Waals surface area contributed by atoms with Crippen molar-refractivity contribution in [1.82, 2.24) is 5.43 Å². The predicted octanol–water partition coefficient (Wildman–Crippen LogP) is 3.26. The number of nitro groups is 1. The molecule has 0 radical (unpaired) electrons. The number of nitrogens with zero attached hydrogens (tertiary/aromatic N) is 2. The van der Waals surface area contributed by atoms with Gasteiger partial charge in [0.1, 0.15) is 0 Å². The number of benzene rings is 1. The zero-order valence-electron chi connectivity index (χ0n) is 13.5. The van der Waals surface area contributed by atoms with Gasteiger partial charge in [0.15, 0.2) is 0 Å². The molecule has 0 spiro atoms. The van der Waals surface area contributed by atoms with Crippen LogP contribution in [0.3, 0.4) is 0 Å². The van der Waals surface area contributed by atoms with Crippen LogP contribution in [0.1, 0.15) is 44.1 Å². The van der Waals surface area contributed by atoms with Crippen LogP contribution < -0.4 is 5.43 Å². The molecule has 4 fully saturated rings. The van der Waals surface area contributed by atoms with Crippen molar-refractivity contribution in [3.05, 3.63) is 39.9 Å². The lowest BCUT2D eigenvalue weighted by atomic mass is 9.49. The number of non-ortho nitro benzene ring substituents is 1. The SMILES string of the molecule is O=C(N/N=C\c1ccc([N+](=O)[O-])cc1)C12CC3CC(CC(C3)C1)C2. The quantitative estimate of drug-likeness (QED) is 0.523. The van der Waals surface area contributed by atoms with Crippen molar-refractivity contribution in [2.75, 3.05) is 0 Å². The molecule has 4 aliphatic rings. The van der Waals surface area contributed by atoms with Crippen LogP contribution in [0.25, 0.3) is 0 Å². The fourth-order valence-corrected chi connectivity index (χ4v) is 5.35. The molecule has 126 valence electrons. The summed E-state index contributed by atoms with van der Waals surface area (Å²) < 4.78 is 0. The minimum absolute atomic E-state index is 0.0461. The van der Waals surface area contributed by atoms with Gasteiger partial charge < -0.3 is 0 Å². The molecule has 1 aromatic carbocycles. The molecule has 1 amide bonds. The molecule has 4 bridgehead atoms.